The van der Waals surface area contributed by atoms with Crippen molar-refractivity contribution in [1.82, 2.24) is 5.32 Å². The summed E-state index contributed by atoms with van der Waals surface area (Å²) < 4.78 is 0. The van der Waals surface area contributed by atoms with E-state index in [1.54, 1.807) is 0 Å². The average Bonchev–Trinajstić information content (AvgIpc) is 2.47. The summed E-state index contributed by atoms with van der Waals surface area (Å²) >= 11 is 0. The molecule has 2 unspecified atom stereocenters. The van der Waals surface area contributed by atoms with Gasteiger partial charge in [-0.15, -0.1) is 0 Å². The van der Waals surface area contributed by atoms with Gasteiger partial charge < -0.3 is 10.6 Å². The molecule has 0 spiro atoms. The predicted molar refractivity (Wildman–Crippen MR) is 79.5 cm³/mol. The van der Waals surface area contributed by atoms with Gasteiger partial charge in [-0.1, -0.05) is 38.3 Å². The number of carbonyl (C=O) groups is 1. The second kappa shape index (κ2) is 6.60. The minimum Gasteiger partial charge on any atom is -0.387 e. The van der Waals surface area contributed by atoms with Crippen LogP contribution in [0, 0.1) is 5.92 Å². The van der Waals surface area contributed by atoms with Crippen LogP contribution in [0.3, 0.4) is 0 Å². The SMILES string of the molecule is CCC1CCCCC1NC(=O)c1ccccc1NC. The number of hydrogen-bond donors (Lipinski definition) is 2. The number of anilines is 1. The molecule has 3 heteroatoms. The smallest absolute Gasteiger partial charge is 0.253 e. The Bertz CT molecular complexity index is 431. The Hall–Kier alpha value is -1.51. The van der Waals surface area contributed by atoms with Gasteiger partial charge in [0.05, 0.1) is 5.56 Å². The van der Waals surface area contributed by atoms with Crippen LogP contribution in [0.1, 0.15) is 49.4 Å². The van der Waals surface area contributed by atoms with E-state index in [4.69, 9.17) is 0 Å². The third-order valence-corrected chi connectivity index (χ3v) is 4.19. The first-order valence-electron chi connectivity index (χ1n) is 7.34. The molecule has 1 aromatic rings. The van der Waals surface area contributed by atoms with Crippen molar-refractivity contribution in [3.8, 4) is 0 Å². The molecule has 3 nitrogen and oxygen atoms in total. The Balaban J connectivity index is 2.07. The highest BCUT2D eigenvalue weighted by Crippen LogP contribution is 2.27. The lowest BCUT2D eigenvalue weighted by molar-refractivity contribution is 0.0905. The maximum atomic E-state index is 12.4. The van der Waals surface area contributed by atoms with Crippen molar-refractivity contribution < 1.29 is 4.79 Å². The summed E-state index contributed by atoms with van der Waals surface area (Å²) in [6.07, 6.45) is 6.05. The summed E-state index contributed by atoms with van der Waals surface area (Å²) in [4.78, 5) is 12.4. The van der Waals surface area contributed by atoms with Crippen molar-refractivity contribution in [3.05, 3.63) is 29.8 Å². The summed E-state index contributed by atoms with van der Waals surface area (Å²) in [5.41, 5.74) is 1.63. The number of benzene rings is 1. The third kappa shape index (κ3) is 3.28. The van der Waals surface area contributed by atoms with Gasteiger partial charge in [-0.25, -0.2) is 0 Å². The van der Waals surface area contributed by atoms with Crippen LogP contribution >= 0.6 is 0 Å². The third-order valence-electron chi connectivity index (χ3n) is 4.19. The Kier molecular flexibility index (Phi) is 4.83. The van der Waals surface area contributed by atoms with Gasteiger partial charge in [-0.05, 0) is 30.9 Å². The van der Waals surface area contributed by atoms with Crippen molar-refractivity contribution in [2.24, 2.45) is 5.92 Å². The summed E-state index contributed by atoms with van der Waals surface area (Å²) in [6, 6.07) is 8.01. The summed E-state index contributed by atoms with van der Waals surface area (Å²) in [5, 5.41) is 6.31. The zero-order valence-electron chi connectivity index (χ0n) is 11.9. The highest BCUT2D eigenvalue weighted by molar-refractivity contribution is 5.99. The molecule has 1 amide bonds. The topological polar surface area (TPSA) is 41.1 Å². The van der Waals surface area contributed by atoms with Gasteiger partial charge in [0.1, 0.15) is 0 Å². The van der Waals surface area contributed by atoms with Gasteiger partial charge in [0, 0.05) is 18.8 Å². The summed E-state index contributed by atoms with van der Waals surface area (Å²) in [6.45, 7) is 2.22. The Morgan fingerprint density at radius 1 is 1.26 bits per heavy atom. The van der Waals surface area contributed by atoms with Gasteiger partial charge in [0.25, 0.3) is 5.91 Å². The molecular formula is C16H24N2O. The lowest BCUT2D eigenvalue weighted by Crippen LogP contribution is -2.42. The molecule has 1 aliphatic rings. The van der Waals surface area contributed by atoms with E-state index in [-0.39, 0.29) is 5.91 Å². The molecule has 19 heavy (non-hydrogen) atoms. The molecule has 0 heterocycles. The van der Waals surface area contributed by atoms with Crippen molar-refractivity contribution in [2.75, 3.05) is 12.4 Å². The monoisotopic (exact) mass is 260 g/mol. The van der Waals surface area contributed by atoms with Gasteiger partial charge in [-0.3, -0.25) is 4.79 Å². The van der Waals surface area contributed by atoms with Crippen LogP contribution in [0.15, 0.2) is 24.3 Å². The number of nitrogens with one attached hydrogen (secondary N) is 2. The van der Waals surface area contributed by atoms with E-state index in [2.05, 4.69) is 17.6 Å². The Labute approximate surface area is 115 Å². The van der Waals surface area contributed by atoms with Gasteiger partial charge in [0.15, 0.2) is 0 Å². The number of rotatable bonds is 4. The van der Waals surface area contributed by atoms with Gasteiger partial charge in [-0.2, -0.15) is 0 Å². The molecule has 2 N–H and O–H groups in total. The normalized spacial score (nSPS) is 22.8. The summed E-state index contributed by atoms with van der Waals surface area (Å²) in [7, 11) is 1.85. The molecule has 2 rings (SSSR count). The van der Waals surface area contributed by atoms with Crippen molar-refractivity contribution in [2.45, 2.75) is 45.1 Å². The highest BCUT2D eigenvalue weighted by Gasteiger charge is 2.25. The van der Waals surface area contributed by atoms with E-state index in [0.29, 0.717) is 12.0 Å². The van der Waals surface area contributed by atoms with Crippen molar-refractivity contribution >= 4 is 11.6 Å². The first-order chi connectivity index (χ1) is 9.26. The first-order valence-corrected chi connectivity index (χ1v) is 7.34. The fourth-order valence-corrected chi connectivity index (χ4v) is 3.03. The summed E-state index contributed by atoms with van der Waals surface area (Å²) in [5.74, 6) is 0.690. The zero-order valence-corrected chi connectivity index (χ0v) is 11.9. The molecule has 1 fully saturated rings. The predicted octanol–water partition coefficient (Wildman–Crippen LogP) is 3.43. The Morgan fingerprint density at radius 2 is 2.00 bits per heavy atom. The van der Waals surface area contributed by atoms with Crippen LogP contribution < -0.4 is 10.6 Å². The quantitative estimate of drug-likeness (QED) is 0.871. The van der Waals surface area contributed by atoms with E-state index in [9.17, 15) is 4.79 Å². The highest BCUT2D eigenvalue weighted by atomic mass is 16.1. The van der Waals surface area contributed by atoms with E-state index in [1.807, 2.05) is 31.3 Å². The number of para-hydroxylation sites is 1. The minimum absolute atomic E-state index is 0.0512. The molecule has 1 aromatic carbocycles. The van der Waals surface area contributed by atoms with Crippen molar-refractivity contribution in [1.29, 1.82) is 0 Å². The molecular weight excluding hydrogens is 236 g/mol. The van der Waals surface area contributed by atoms with Gasteiger partial charge in [0.2, 0.25) is 0 Å². The first kappa shape index (κ1) is 13.9. The van der Waals surface area contributed by atoms with Crippen molar-refractivity contribution in [3.63, 3.8) is 0 Å². The lowest BCUT2D eigenvalue weighted by Gasteiger charge is -2.31. The van der Waals surface area contributed by atoms with Crippen LogP contribution in [0.5, 0.6) is 0 Å². The maximum absolute atomic E-state index is 12.4. The molecule has 0 aliphatic heterocycles. The van der Waals surface area contributed by atoms with E-state index in [1.165, 1.54) is 19.3 Å². The second-order valence-corrected chi connectivity index (χ2v) is 5.33. The number of carbonyl (C=O) groups excluding carboxylic acids is 1. The van der Waals surface area contributed by atoms with E-state index in [0.717, 1.165) is 24.1 Å². The number of hydrogen-bond acceptors (Lipinski definition) is 2. The minimum atomic E-state index is 0.0512. The largest absolute Gasteiger partial charge is 0.387 e. The molecule has 0 saturated heterocycles. The lowest BCUT2D eigenvalue weighted by atomic mass is 9.83. The van der Waals surface area contributed by atoms with Crippen LogP contribution in [0.25, 0.3) is 0 Å². The fraction of sp³-hybridized carbons (Fsp3) is 0.562. The van der Waals surface area contributed by atoms with Crippen LogP contribution in [0.2, 0.25) is 0 Å². The maximum Gasteiger partial charge on any atom is 0.253 e. The molecule has 0 aromatic heterocycles. The van der Waals surface area contributed by atoms with E-state index >= 15 is 0 Å². The molecule has 2 atom stereocenters. The van der Waals surface area contributed by atoms with Crippen LogP contribution in [0.4, 0.5) is 5.69 Å². The van der Waals surface area contributed by atoms with Gasteiger partial charge >= 0.3 is 0 Å². The van der Waals surface area contributed by atoms with Crippen LogP contribution in [-0.4, -0.2) is 19.0 Å². The molecule has 1 saturated carbocycles. The zero-order chi connectivity index (χ0) is 13.7. The standard InChI is InChI=1S/C16H24N2O/c1-3-12-8-4-6-10-14(12)18-16(19)13-9-5-7-11-15(13)17-2/h5,7,9,11-12,14,17H,3-4,6,8,10H2,1-2H3,(H,18,19). The molecule has 0 bridgehead atoms. The molecule has 104 valence electrons. The van der Waals surface area contributed by atoms with E-state index < -0.39 is 0 Å². The molecule has 0 radical (unpaired) electrons. The number of amides is 1. The Morgan fingerprint density at radius 3 is 2.74 bits per heavy atom. The average molecular weight is 260 g/mol. The molecule has 1 aliphatic carbocycles. The van der Waals surface area contributed by atoms with Crippen LogP contribution in [-0.2, 0) is 0 Å². The second-order valence-electron chi connectivity index (χ2n) is 5.33. The fourth-order valence-electron chi connectivity index (χ4n) is 3.03.